The molecule has 0 radical (unpaired) electrons. The molecule has 2 heterocycles. The number of nitrogen functional groups attached to an aromatic ring is 2. The lowest BCUT2D eigenvalue weighted by Crippen LogP contribution is -2.00. The molecule has 0 aliphatic carbocycles. The van der Waals surface area contributed by atoms with E-state index >= 15 is 0 Å². The topological polar surface area (TPSA) is 124 Å². The number of ether oxygens (including phenoxy) is 2. The van der Waals surface area contributed by atoms with Crippen LogP contribution >= 0.6 is 0 Å². The molecule has 0 spiro atoms. The van der Waals surface area contributed by atoms with Crippen LogP contribution in [0.15, 0.2) is 29.4 Å². The molecule has 0 saturated carbocycles. The van der Waals surface area contributed by atoms with Crippen molar-refractivity contribution in [2.75, 3.05) is 24.7 Å². The largest absolute Gasteiger partial charge is 0.494 e. The maximum absolute atomic E-state index is 5.96. The Hall–Kier alpha value is -3.29. The first-order valence-electron chi connectivity index (χ1n) is 7.96. The lowest BCUT2D eigenvalue weighted by atomic mass is 10.2. The standard InChI is InChI=1S/C17H20N6O2/c1-3-24-11-5-6-13(25-4-2)12(7-11)20-8-10-9-21-16-14(10)15(18)22-17(19)23-16/h5-9H,3-4H2,1-2H3,(H5,18,19,21,22,23). The van der Waals surface area contributed by atoms with E-state index in [1.165, 1.54) is 0 Å². The summed E-state index contributed by atoms with van der Waals surface area (Å²) in [5, 5.41) is 0.678. The highest BCUT2D eigenvalue weighted by Gasteiger charge is 2.10. The first-order chi connectivity index (χ1) is 12.1. The van der Waals surface area contributed by atoms with Crippen molar-refractivity contribution in [1.29, 1.82) is 0 Å². The van der Waals surface area contributed by atoms with Crippen LogP contribution in [0.3, 0.4) is 0 Å². The second-order valence-electron chi connectivity index (χ2n) is 5.19. The minimum atomic E-state index is 0.124. The lowest BCUT2D eigenvalue weighted by molar-refractivity contribution is 0.331. The smallest absolute Gasteiger partial charge is 0.223 e. The number of rotatable bonds is 6. The number of anilines is 2. The average Bonchev–Trinajstić information content (AvgIpc) is 2.98. The molecule has 0 saturated heterocycles. The van der Waals surface area contributed by atoms with Crippen molar-refractivity contribution < 1.29 is 9.47 Å². The molecule has 0 atom stereocenters. The number of aromatic amines is 1. The third-order valence-electron chi connectivity index (χ3n) is 3.49. The minimum absolute atomic E-state index is 0.124. The monoisotopic (exact) mass is 340 g/mol. The van der Waals surface area contributed by atoms with Gasteiger partial charge in [0.15, 0.2) is 0 Å². The van der Waals surface area contributed by atoms with Crippen molar-refractivity contribution in [1.82, 2.24) is 15.0 Å². The summed E-state index contributed by atoms with van der Waals surface area (Å²) in [5.41, 5.74) is 13.6. The van der Waals surface area contributed by atoms with E-state index < -0.39 is 0 Å². The number of aliphatic imine (C=N–C) groups is 1. The van der Waals surface area contributed by atoms with Crippen LogP contribution in [0, 0.1) is 0 Å². The van der Waals surface area contributed by atoms with Gasteiger partial charge >= 0.3 is 0 Å². The quantitative estimate of drug-likeness (QED) is 0.593. The molecule has 8 heteroatoms. The SMILES string of the molecule is CCOc1ccc(OCC)c(N=Cc2c[nH]c3nc(N)nc(N)c23)c1. The van der Waals surface area contributed by atoms with Gasteiger partial charge in [0.1, 0.15) is 28.7 Å². The predicted molar refractivity (Wildman–Crippen MR) is 98.7 cm³/mol. The third-order valence-corrected chi connectivity index (χ3v) is 3.49. The van der Waals surface area contributed by atoms with Gasteiger partial charge in [-0.1, -0.05) is 0 Å². The van der Waals surface area contributed by atoms with Gasteiger partial charge in [-0.15, -0.1) is 0 Å². The number of hydrogen-bond acceptors (Lipinski definition) is 7. The second-order valence-corrected chi connectivity index (χ2v) is 5.19. The molecule has 0 unspecified atom stereocenters. The zero-order valence-electron chi connectivity index (χ0n) is 14.1. The van der Waals surface area contributed by atoms with Crippen LogP contribution in [0.5, 0.6) is 11.5 Å². The van der Waals surface area contributed by atoms with Gasteiger partial charge in [0.05, 0.1) is 18.6 Å². The van der Waals surface area contributed by atoms with Crippen LogP contribution in [0.2, 0.25) is 0 Å². The molecule has 8 nitrogen and oxygen atoms in total. The van der Waals surface area contributed by atoms with Crippen molar-refractivity contribution in [3.63, 3.8) is 0 Å². The highest BCUT2D eigenvalue weighted by atomic mass is 16.5. The van der Waals surface area contributed by atoms with Crippen molar-refractivity contribution >= 4 is 34.7 Å². The van der Waals surface area contributed by atoms with E-state index in [1.807, 2.05) is 32.0 Å². The number of nitrogens with one attached hydrogen (secondary N) is 1. The Morgan fingerprint density at radius 3 is 2.72 bits per heavy atom. The minimum Gasteiger partial charge on any atom is -0.494 e. The molecular weight excluding hydrogens is 320 g/mol. The number of nitrogens with zero attached hydrogens (tertiary/aromatic N) is 3. The van der Waals surface area contributed by atoms with Crippen LogP contribution in [0.25, 0.3) is 11.0 Å². The van der Waals surface area contributed by atoms with Gasteiger partial charge in [0, 0.05) is 24.0 Å². The molecule has 0 aliphatic rings. The predicted octanol–water partition coefficient (Wildman–Crippen LogP) is 2.67. The summed E-state index contributed by atoms with van der Waals surface area (Å²) in [7, 11) is 0. The van der Waals surface area contributed by atoms with Gasteiger partial charge in [-0.3, -0.25) is 4.99 Å². The van der Waals surface area contributed by atoms with Crippen LogP contribution in [-0.2, 0) is 0 Å². The molecule has 3 rings (SSSR count). The van der Waals surface area contributed by atoms with Gasteiger partial charge in [0.25, 0.3) is 0 Å². The molecule has 5 N–H and O–H groups in total. The zero-order chi connectivity index (χ0) is 17.8. The first-order valence-corrected chi connectivity index (χ1v) is 7.96. The Morgan fingerprint density at radius 1 is 1.16 bits per heavy atom. The molecule has 2 aromatic heterocycles. The molecule has 3 aromatic rings. The molecule has 0 bridgehead atoms. The van der Waals surface area contributed by atoms with Gasteiger partial charge in [0.2, 0.25) is 5.95 Å². The number of benzene rings is 1. The summed E-state index contributed by atoms with van der Waals surface area (Å²) >= 11 is 0. The Balaban J connectivity index is 2.00. The van der Waals surface area contributed by atoms with Crippen molar-refractivity contribution in [2.24, 2.45) is 4.99 Å². The molecule has 1 aromatic carbocycles. The maximum atomic E-state index is 5.96. The van der Waals surface area contributed by atoms with Gasteiger partial charge in [-0.25, -0.2) is 0 Å². The summed E-state index contributed by atoms with van der Waals surface area (Å²) in [4.78, 5) is 15.7. The van der Waals surface area contributed by atoms with Crippen LogP contribution in [-0.4, -0.2) is 34.4 Å². The van der Waals surface area contributed by atoms with E-state index in [0.29, 0.717) is 41.5 Å². The number of H-pyrrole nitrogens is 1. The zero-order valence-corrected chi connectivity index (χ0v) is 14.1. The normalized spacial score (nSPS) is 11.3. The van der Waals surface area contributed by atoms with Crippen LogP contribution in [0.1, 0.15) is 19.4 Å². The Labute approximate surface area is 144 Å². The summed E-state index contributed by atoms with van der Waals surface area (Å²) in [6.07, 6.45) is 3.44. The van der Waals surface area contributed by atoms with Gasteiger partial charge < -0.3 is 25.9 Å². The van der Waals surface area contributed by atoms with E-state index in [9.17, 15) is 0 Å². The number of hydrogen-bond donors (Lipinski definition) is 3. The van der Waals surface area contributed by atoms with E-state index in [0.717, 1.165) is 11.3 Å². The van der Waals surface area contributed by atoms with E-state index in [2.05, 4.69) is 19.9 Å². The molecule has 130 valence electrons. The average molecular weight is 340 g/mol. The van der Waals surface area contributed by atoms with Crippen LogP contribution < -0.4 is 20.9 Å². The molecule has 0 aliphatic heterocycles. The highest BCUT2D eigenvalue weighted by Crippen LogP contribution is 2.32. The Morgan fingerprint density at radius 2 is 1.96 bits per heavy atom. The van der Waals surface area contributed by atoms with Crippen molar-refractivity contribution in [3.05, 3.63) is 30.0 Å². The first kappa shape index (κ1) is 16.6. The molecule has 0 amide bonds. The molecule has 0 fully saturated rings. The maximum Gasteiger partial charge on any atom is 0.223 e. The van der Waals surface area contributed by atoms with E-state index in [4.69, 9.17) is 20.9 Å². The van der Waals surface area contributed by atoms with E-state index in [1.54, 1.807) is 12.4 Å². The number of aromatic nitrogens is 3. The van der Waals surface area contributed by atoms with Crippen molar-refractivity contribution in [3.8, 4) is 11.5 Å². The Bertz CT molecular complexity index is 919. The van der Waals surface area contributed by atoms with E-state index in [-0.39, 0.29) is 5.95 Å². The number of nitrogens with two attached hydrogens (primary N) is 2. The summed E-state index contributed by atoms with van der Waals surface area (Å²) in [5.74, 6) is 1.83. The third kappa shape index (κ3) is 3.47. The molecular formula is C17H20N6O2. The fourth-order valence-electron chi connectivity index (χ4n) is 2.48. The second kappa shape index (κ2) is 7.08. The number of fused-ring (bicyclic) bond motifs is 1. The fraction of sp³-hybridized carbons (Fsp3) is 0.235. The summed E-state index contributed by atoms with van der Waals surface area (Å²) in [6, 6.07) is 5.53. The van der Waals surface area contributed by atoms with Crippen molar-refractivity contribution in [2.45, 2.75) is 13.8 Å². The van der Waals surface area contributed by atoms with Gasteiger partial charge in [-0.2, -0.15) is 9.97 Å². The Kier molecular flexibility index (Phi) is 4.69. The highest BCUT2D eigenvalue weighted by molar-refractivity contribution is 6.03. The molecule has 25 heavy (non-hydrogen) atoms. The fourth-order valence-corrected chi connectivity index (χ4v) is 2.48. The van der Waals surface area contributed by atoms with Crippen LogP contribution in [0.4, 0.5) is 17.5 Å². The summed E-state index contributed by atoms with van der Waals surface area (Å²) < 4.78 is 11.2. The lowest BCUT2D eigenvalue weighted by Gasteiger charge is -2.09. The summed E-state index contributed by atoms with van der Waals surface area (Å²) in [6.45, 7) is 4.98. The van der Waals surface area contributed by atoms with Gasteiger partial charge in [-0.05, 0) is 26.0 Å².